The molecule has 0 bridgehead atoms. The summed E-state index contributed by atoms with van der Waals surface area (Å²) in [5, 5.41) is 1.76. The van der Waals surface area contributed by atoms with E-state index in [0.29, 0.717) is 21.4 Å². The van der Waals surface area contributed by atoms with Gasteiger partial charge in [-0.05, 0) is 25.1 Å². The van der Waals surface area contributed by atoms with Crippen molar-refractivity contribution >= 4 is 45.1 Å². The van der Waals surface area contributed by atoms with Crippen LogP contribution in [0.25, 0.3) is 6.08 Å². The molecule has 1 rings (SSSR count). The summed E-state index contributed by atoms with van der Waals surface area (Å²) >= 11 is 11.8. The van der Waals surface area contributed by atoms with Gasteiger partial charge in [0.25, 0.3) is 10.0 Å². The Morgan fingerprint density at radius 2 is 1.89 bits per heavy atom. The monoisotopic (exact) mass is 306 g/mol. The molecule has 0 atom stereocenters. The van der Waals surface area contributed by atoms with Crippen LogP contribution in [-0.4, -0.2) is 21.3 Å². The predicted octanol–water partition coefficient (Wildman–Crippen LogP) is 2.93. The Morgan fingerprint density at radius 3 is 2.39 bits per heavy atom. The second kappa shape index (κ2) is 6.22. The Balaban J connectivity index is 3.00. The molecule has 0 saturated heterocycles. The maximum atomic E-state index is 11.6. The molecule has 0 unspecified atom stereocenters. The quantitative estimate of drug-likeness (QED) is 0.689. The molecule has 0 amide bonds. The summed E-state index contributed by atoms with van der Waals surface area (Å²) in [4.78, 5) is 3.70. The van der Waals surface area contributed by atoms with Crippen molar-refractivity contribution in [1.82, 2.24) is 4.72 Å². The van der Waals surface area contributed by atoms with Crippen molar-refractivity contribution in [2.24, 2.45) is 4.99 Å². The van der Waals surface area contributed by atoms with Crippen LogP contribution in [0.2, 0.25) is 10.0 Å². The number of rotatable bonds is 3. The number of aliphatic imine (C=N–C) groups is 1. The number of nitrogens with one attached hydrogen (secondary N) is 1. The zero-order chi connectivity index (χ0) is 13.8. The average molecular weight is 307 g/mol. The number of amidine groups is 1. The molecule has 1 aromatic rings. The third kappa shape index (κ3) is 4.33. The Morgan fingerprint density at radius 1 is 1.33 bits per heavy atom. The molecule has 4 nitrogen and oxygen atoms in total. The number of sulfonamides is 1. The molecule has 0 radical (unpaired) electrons. The summed E-state index contributed by atoms with van der Waals surface area (Å²) in [5.41, 5.74) is 0.456. The van der Waals surface area contributed by atoms with Crippen LogP contribution < -0.4 is 4.72 Å². The summed E-state index contributed by atoms with van der Waals surface area (Å²) < 4.78 is 25.5. The minimum Gasteiger partial charge on any atom is -0.275 e. The van der Waals surface area contributed by atoms with E-state index in [1.807, 2.05) is 0 Å². The second-order valence-corrected chi connectivity index (χ2v) is 5.77. The zero-order valence-corrected chi connectivity index (χ0v) is 12.1. The highest BCUT2D eigenvalue weighted by Gasteiger charge is 2.07. The third-order valence-electron chi connectivity index (χ3n) is 2.04. The highest BCUT2D eigenvalue weighted by Crippen LogP contribution is 2.25. The number of hydrogen-bond donors (Lipinski definition) is 1. The van der Waals surface area contributed by atoms with Crippen LogP contribution in [0, 0.1) is 0 Å². The highest BCUT2D eigenvalue weighted by molar-refractivity contribution is 7.93. The molecule has 1 N–H and O–H groups in total. The topological polar surface area (TPSA) is 58.5 Å². The van der Waals surface area contributed by atoms with E-state index in [4.69, 9.17) is 23.2 Å². The van der Waals surface area contributed by atoms with Gasteiger partial charge in [0.1, 0.15) is 5.84 Å². The van der Waals surface area contributed by atoms with Gasteiger partial charge in [-0.1, -0.05) is 29.3 Å². The largest absolute Gasteiger partial charge is 0.275 e. The molecule has 0 spiro atoms. The van der Waals surface area contributed by atoms with Crippen molar-refractivity contribution in [3.8, 4) is 0 Å². The minimum absolute atomic E-state index is 0.296. The number of halogens is 2. The Bertz CT molecular complexity index is 575. The molecule has 0 aliphatic rings. The van der Waals surface area contributed by atoms with E-state index >= 15 is 0 Å². The van der Waals surface area contributed by atoms with Crippen LogP contribution >= 0.6 is 23.2 Å². The maximum Gasteiger partial charge on any atom is 0.255 e. The molecular weight excluding hydrogens is 295 g/mol. The van der Waals surface area contributed by atoms with Gasteiger partial charge in [0.15, 0.2) is 0 Å². The van der Waals surface area contributed by atoms with E-state index in [1.54, 1.807) is 25.1 Å². The fourth-order valence-electron chi connectivity index (χ4n) is 1.11. The van der Waals surface area contributed by atoms with Crippen molar-refractivity contribution in [1.29, 1.82) is 0 Å². The van der Waals surface area contributed by atoms with Gasteiger partial charge in [-0.15, -0.1) is 0 Å². The lowest BCUT2D eigenvalue weighted by Gasteiger charge is -2.03. The summed E-state index contributed by atoms with van der Waals surface area (Å²) in [6, 6.07) is 4.94. The molecule has 0 aromatic heterocycles. The molecule has 98 valence electrons. The van der Waals surface area contributed by atoms with Gasteiger partial charge in [-0.3, -0.25) is 9.71 Å². The first kappa shape index (κ1) is 15.0. The number of nitrogens with zero attached hydrogens (tertiary/aromatic N) is 1. The Labute approximate surface area is 116 Å². The molecule has 0 heterocycles. The molecule has 7 heteroatoms. The molecule has 0 aliphatic carbocycles. The summed E-state index contributed by atoms with van der Waals surface area (Å²) in [6.07, 6.45) is 1.34. The van der Waals surface area contributed by atoms with Gasteiger partial charge in [-0.25, -0.2) is 8.42 Å². The van der Waals surface area contributed by atoms with Gasteiger partial charge in [-0.2, -0.15) is 0 Å². The molecular formula is C11H12Cl2N2O2S. The first-order valence-corrected chi connectivity index (χ1v) is 7.24. The van der Waals surface area contributed by atoms with Crippen molar-refractivity contribution in [3.05, 3.63) is 39.2 Å². The van der Waals surface area contributed by atoms with E-state index in [9.17, 15) is 8.42 Å². The maximum absolute atomic E-state index is 11.6. The van der Waals surface area contributed by atoms with Crippen LogP contribution in [0.4, 0.5) is 0 Å². The SMILES string of the molecule is CN=C(C)NS(=O)(=O)C=Cc1c(Cl)cccc1Cl. The minimum atomic E-state index is -3.60. The number of hydrogen-bond acceptors (Lipinski definition) is 3. The highest BCUT2D eigenvalue weighted by atomic mass is 35.5. The van der Waals surface area contributed by atoms with Crippen LogP contribution in [-0.2, 0) is 10.0 Å². The fourth-order valence-corrected chi connectivity index (χ4v) is 2.52. The molecule has 0 aliphatic heterocycles. The lowest BCUT2D eigenvalue weighted by Crippen LogP contribution is -2.26. The lowest BCUT2D eigenvalue weighted by atomic mass is 10.2. The lowest BCUT2D eigenvalue weighted by molar-refractivity contribution is 0.601. The van der Waals surface area contributed by atoms with Crippen LogP contribution in [0.15, 0.2) is 28.6 Å². The Kier molecular flexibility index (Phi) is 5.19. The van der Waals surface area contributed by atoms with Gasteiger partial charge >= 0.3 is 0 Å². The van der Waals surface area contributed by atoms with Crippen LogP contribution in [0.5, 0.6) is 0 Å². The molecule has 0 saturated carbocycles. The summed E-state index contributed by atoms with van der Waals surface area (Å²) in [6.45, 7) is 1.55. The van der Waals surface area contributed by atoms with Gasteiger partial charge in [0, 0.05) is 22.7 Å². The standard InChI is InChI=1S/C11H12Cl2N2O2S/c1-8(14-2)15-18(16,17)7-6-9-10(12)4-3-5-11(9)13/h3-7H,1-2H3,(H,14,15). The molecule has 0 fully saturated rings. The van der Waals surface area contributed by atoms with Crippen LogP contribution in [0.3, 0.4) is 0 Å². The average Bonchev–Trinajstić information content (AvgIpc) is 2.27. The van der Waals surface area contributed by atoms with Crippen molar-refractivity contribution in [2.45, 2.75) is 6.92 Å². The van der Waals surface area contributed by atoms with E-state index in [-0.39, 0.29) is 0 Å². The normalized spacial score (nSPS) is 13.0. The molecule has 1 aromatic carbocycles. The van der Waals surface area contributed by atoms with Crippen LogP contribution in [0.1, 0.15) is 12.5 Å². The zero-order valence-electron chi connectivity index (χ0n) is 9.81. The van der Waals surface area contributed by atoms with Crippen molar-refractivity contribution in [2.75, 3.05) is 7.05 Å². The van der Waals surface area contributed by atoms with E-state index in [1.165, 1.54) is 13.1 Å². The third-order valence-corrected chi connectivity index (χ3v) is 3.77. The van der Waals surface area contributed by atoms with E-state index < -0.39 is 10.0 Å². The van der Waals surface area contributed by atoms with Gasteiger partial charge in [0.05, 0.1) is 5.41 Å². The van der Waals surface area contributed by atoms with E-state index in [0.717, 1.165) is 5.41 Å². The summed E-state index contributed by atoms with van der Waals surface area (Å²) in [5.74, 6) is 0.296. The van der Waals surface area contributed by atoms with Crippen molar-refractivity contribution < 1.29 is 8.42 Å². The van der Waals surface area contributed by atoms with Gasteiger partial charge in [0.2, 0.25) is 0 Å². The smallest absolute Gasteiger partial charge is 0.255 e. The second-order valence-electron chi connectivity index (χ2n) is 3.39. The Hall–Kier alpha value is -1.04. The van der Waals surface area contributed by atoms with Crippen molar-refractivity contribution in [3.63, 3.8) is 0 Å². The predicted molar refractivity (Wildman–Crippen MR) is 76.6 cm³/mol. The van der Waals surface area contributed by atoms with E-state index in [2.05, 4.69) is 9.71 Å². The first-order valence-electron chi connectivity index (χ1n) is 4.94. The molecule has 18 heavy (non-hydrogen) atoms. The van der Waals surface area contributed by atoms with Gasteiger partial charge < -0.3 is 0 Å². The summed E-state index contributed by atoms with van der Waals surface area (Å²) in [7, 11) is -2.11. The first-order chi connectivity index (χ1) is 8.35. The fraction of sp³-hybridized carbons (Fsp3) is 0.182. The number of benzene rings is 1.